The predicted octanol–water partition coefficient (Wildman–Crippen LogP) is 5.81. The maximum absolute atomic E-state index is 14.4. The minimum absolute atomic E-state index is 0.0214. The number of hydrogen-bond donors (Lipinski definition) is 0. The highest BCUT2D eigenvalue weighted by atomic mass is 35.5. The highest BCUT2D eigenvalue weighted by Gasteiger charge is 2.34. The van der Waals surface area contributed by atoms with Crippen LogP contribution in [0.15, 0.2) is 48.5 Å². The van der Waals surface area contributed by atoms with E-state index in [0.29, 0.717) is 21.9 Å². The van der Waals surface area contributed by atoms with Crippen LogP contribution in [0.2, 0.25) is 5.02 Å². The molecule has 1 heterocycles. The molecule has 0 saturated heterocycles. The van der Waals surface area contributed by atoms with Crippen LogP contribution in [0.1, 0.15) is 28.0 Å². The first-order chi connectivity index (χ1) is 14.5. The van der Waals surface area contributed by atoms with Gasteiger partial charge in [-0.3, -0.25) is 4.79 Å². The second-order valence-electron chi connectivity index (χ2n) is 6.14. The molecule has 164 valence electrons. The molecule has 0 unspecified atom stereocenters. The van der Waals surface area contributed by atoms with Gasteiger partial charge in [0.05, 0.1) is 16.3 Å². The number of aromatic nitrogens is 2. The molecule has 0 bridgehead atoms. The van der Waals surface area contributed by atoms with E-state index in [2.05, 4.69) is 5.10 Å². The van der Waals surface area contributed by atoms with E-state index in [0.717, 1.165) is 13.1 Å². The smallest absolute Gasteiger partial charge is 0.370 e. The average Bonchev–Trinajstić information content (AvgIpc) is 3.01. The molecule has 31 heavy (non-hydrogen) atoms. The van der Waals surface area contributed by atoms with E-state index in [9.17, 15) is 31.1 Å². The summed E-state index contributed by atoms with van der Waals surface area (Å²) in [5.41, 5.74) is -3.26. The summed E-state index contributed by atoms with van der Waals surface area (Å²) in [4.78, 5) is 18.3. The molecule has 1 aromatic heterocycles. The summed E-state index contributed by atoms with van der Waals surface area (Å²) in [6, 6.07) is 9.28. The van der Waals surface area contributed by atoms with Gasteiger partial charge < -0.3 is 4.84 Å². The topological polar surface area (TPSA) is 47.4 Å². The number of nitrogens with zero attached hydrogens (tertiary/aromatic N) is 3. The van der Waals surface area contributed by atoms with Gasteiger partial charge in [-0.1, -0.05) is 29.8 Å². The van der Waals surface area contributed by atoms with Crippen LogP contribution >= 0.6 is 11.6 Å². The van der Waals surface area contributed by atoms with Crippen LogP contribution in [-0.2, 0) is 13.2 Å². The van der Waals surface area contributed by atoms with Crippen molar-refractivity contribution in [3.63, 3.8) is 0 Å². The summed E-state index contributed by atoms with van der Waals surface area (Å²) in [5.74, 6) is -3.10. The Balaban J connectivity index is 2.07. The van der Waals surface area contributed by atoms with Crippen molar-refractivity contribution in [3.8, 4) is 5.75 Å². The number of halogens is 7. The summed E-state index contributed by atoms with van der Waals surface area (Å²) in [5, 5.41) is 3.24. The van der Waals surface area contributed by atoms with Crippen LogP contribution in [0.4, 0.5) is 32.0 Å². The van der Waals surface area contributed by atoms with E-state index in [4.69, 9.17) is 16.4 Å². The molecule has 0 atom stereocenters. The summed E-state index contributed by atoms with van der Waals surface area (Å²) in [6.07, 6.45) is -7.95. The number of amides is 1. The maximum Gasteiger partial charge on any atom is 0.416 e. The zero-order valence-corrected chi connectivity index (χ0v) is 16.3. The van der Waals surface area contributed by atoms with Crippen LogP contribution in [0.3, 0.4) is 0 Å². The van der Waals surface area contributed by atoms with Gasteiger partial charge in [-0.25, -0.2) is 13.5 Å². The van der Waals surface area contributed by atoms with Gasteiger partial charge in [-0.05, 0) is 30.3 Å². The number of carbonyl (C=O) groups is 1. The van der Waals surface area contributed by atoms with Crippen LogP contribution in [-0.4, -0.2) is 15.7 Å². The molecule has 0 fully saturated rings. The van der Waals surface area contributed by atoms with E-state index >= 15 is 0 Å². The number of anilines is 1. The molecule has 3 rings (SSSR count). The lowest BCUT2D eigenvalue weighted by atomic mass is 10.2. The third-order valence-electron chi connectivity index (χ3n) is 4.05. The Morgan fingerprint density at radius 2 is 1.81 bits per heavy atom. The second-order valence-corrected chi connectivity index (χ2v) is 6.55. The van der Waals surface area contributed by atoms with Crippen molar-refractivity contribution < 1.29 is 36.0 Å². The largest absolute Gasteiger partial charge is 0.416 e. The third kappa shape index (κ3) is 4.61. The van der Waals surface area contributed by atoms with E-state index in [1.165, 1.54) is 24.3 Å². The summed E-state index contributed by atoms with van der Waals surface area (Å²) in [7, 11) is 1.03. The van der Waals surface area contributed by atoms with Gasteiger partial charge in [0.1, 0.15) is 11.3 Å². The lowest BCUT2D eigenvalue weighted by molar-refractivity contribution is -0.137. The molecule has 0 aliphatic rings. The van der Waals surface area contributed by atoms with Gasteiger partial charge in [0.15, 0.2) is 5.75 Å². The summed E-state index contributed by atoms with van der Waals surface area (Å²) < 4.78 is 80.1. The molecule has 0 aliphatic carbocycles. The highest BCUT2D eigenvalue weighted by molar-refractivity contribution is 6.32. The summed E-state index contributed by atoms with van der Waals surface area (Å²) >= 11 is 5.86. The van der Waals surface area contributed by atoms with E-state index in [1.54, 1.807) is 6.07 Å². The van der Waals surface area contributed by atoms with Gasteiger partial charge in [-0.2, -0.15) is 22.7 Å². The Bertz CT molecular complexity index is 1100. The Morgan fingerprint density at radius 3 is 2.35 bits per heavy atom. The minimum atomic E-state index is -4.68. The highest BCUT2D eigenvalue weighted by Crippen LogP contribution is 2.36. The van der Waals surface area contributed by atoms with Crippen molar-refractivity contribution in [1.82, 2.24) is 9.78 Å². The molecule has 2 aromatic carbocycles. The van der Waals surface area contributed by atoms with Crippen molar-refractivity contribution in [2.45, 2.75) is 12.6 Å². The molecule has 0 spiro atoms. The lowest BCUT2D eigenvalue weighted by Crippen LogP contribution is -2.35. The van der Waals surface area contributed by atoms with Crippen molar-refractivity contribution in [3.05, 3.63) is 76.3 Å². The van der Waals surface area contributed by atoms with Crippen molar-refractivity contribution in [2.24, 2.45) is 7.05 Å². The monoisotopic (exact) mass is 463 g/mol. The number of hydroxylamine groups is 1. The molecule has 5 nitrogen and oxygen atoms in total. The molecular formula is C19H12ClF6N3O2. The van der Waals surface area contributed by atoms with Crippen molar-refractivity contribution >= 4 is 23.2 Å². The standard InChI is InChI=1S/C19H12ClF6N3O2/c1-28-17(23)14(15(27-28)16(21)22)18(30)29(11-5-3-2-4-6-11)31-13-8-7-10(9-12(13)20)19(24,25)26/h2-9,16H,1H3. The molecular weight excluding hydrogens is 452 g/mol. The number of carbonyl (C=O) groups excluding carboxylic acids is 1. The first-order valence-electron chi connectivity index (χ1n) is 8.45. The second kappa shape index (κ2) is 8.50. The van der Waals surface area contributed by atoms with E-state index < -0.39 is 52.0 Å². The van der Waals surface area contributed by atoms with Crippen molar-refractivity contribution in [1.29, 1.82) is 0 Å². The molecule has 0 saturated carbocycles. The fraction of sp³-hybridized carbons (Fsp3) is 0.158. The Kier molecular flexibility index (Phi) is 6.16. The van der Waals surface area contributed by atoms with E-state index in [1.807, 2.05) is 0 Å². The van der Waals surface area contributed by atoms with Gasteiger partial charge in [0.25, 0.3) is 12.3 Å². The molecule has 0 radical (unpaired) electrons. The first kappa shape index (κ1) is 22.5. The Hall–Kier alpha value is -3.21. The molecule has 12 heteroatoms. The zero-order valence-electron chi connectivity index (χ0n) is 15.5. The SMILES string of the molecule is Cn1nc(C(F)F)c(C(=O)N(Oc2ccc(C(F)(F)F)cc2Cl)c2ccccc2)c1F. The number of hydrogen-bond acceptors (Lipinski definition) is 3. The Labute approximate surface area is 176 Å². The molecule has 3 aromatic rings. The molecule has 1 amide bonds. The van der Waals surface area contributed by atoms with Crippen LogP contribution in [0, 0.1) is 5.95 Å². The molecule has 0 N–H and O–H groups in total. The van der Waals surface area contributed by atoms with Crippen LogP contribution in [0.5, 0.6) is 5.75 Å². The number of para-hydroxylation sites is 1. The van der Waals surface area contributed by atoms with Crippen LogP contribution < -0.4 is 9.90 Å². The maximum atomic E-state index is 14.4. The predicted molar refractivity (Wildman–Crippen MR) is 98.5 cm³/mol. The quantitative estimate of drug-likeness (QED) is 0.354. The zero-order chi connectivity index (χ0) is 22.9. The molecule has 0 aliphatic heterocycles. The fourth-order valence-corrected chi connectivity index (χ4v) is 2.81. The minimum Gasteiger partial charge on any atom is -0.370 e. The van der Waals surface area contributed by atoms with E-state index in [-0.39, 0.29) is 5.69 Å². The first-order valence-corrected chi connectivity index (χ1v) is 8.83. The van der Waals surface area contributed by atoms with Crippen LogP contribution in [0.25, 0.3) is 0 Å². The normalized spacial score (nSPS) is 11.6. The summed E-state index contributed by atoms with van der Waals surface area (Å²) in [6.45, 7) is 0. The van der Waals surface area contributed by atoms with Gasteiger partial charge in [0, 0.05) is 7.05 Å². The third-order valence-corrected chi connectivity index (χ3v) is 4.34. The lowest BCUT2D eigenvalue weighted by Gasteiger charge is -2.23. The van der Waals surface area contributed by atoms with Gasteiger partial charge in [-0.15, -0.1) is 5.06 Å². The number of benzene rings is 2. The number of rotatable bonds is 5. The Morgan fingerprint density at radius 1 is 1.16 bits per heavy atom. The van der Waals surface area contributed by atoms with Gasteiger partial charge in [0.2, 0.25) is 5.95 Å². The van der Waals surface area contributed by atoms with Crippen molar-refractivity contribution in [2.75, 3.05) is 5.06 Å². The number of alkyl halides is 5. The average molecular weight is 464 g/mol. The van der Waals surface area contributed by atoms with Gasteiger partial charge >= 0.3 is 6.18 Å². The number of aryl methyl sites for hydroxylation is 1. The fourth-order valence-electron chi connectivity index (χ4n) is 2.60.